The van der Waals surface area contributed by atoms with Gasteiger partial charge in [0.15, 0.2) is 6.10 Å². The van der Waals surface area contributed by atoms with Crippen LogP contribution in [0.5, 0.6) is 0 Å². The first-order valence-corrected chi connectivity index (χ1v) is 6.44. The summed E-state index contributed by atoms with van der Waals surface area (Å²) in [6.45, 7) is 0.474. The number of benzene rings is 1. The Morgan fingerprint density at radius 1 is 1.25 bits per heavy atom. The van der Waals surface area contributed by atoms with Crippen molar-refractivity contribution in [1.82, 2.24) is 10.6 Å². The Morgan fingerprint density at radius 2 is 1.95 bits per heavy atom. The molecular weight excluding hydrogens is 260 g/mol. The minimum Gasteiger partial charge on any atom is -0.479 e. The number of hydrogen-bond donors (Lipinski definition) is 3. The van der Waals surface area contributed by atoms with Gasteiger partial charge in [-0.25, -0.2) is 9.59 Å². The minimum absolute atomic E-state index is 0.0592. The van der Waals surface area contributed by atoms with Crippen molar-refractivity contribution < 1.29 is 19.4 Å². The summed E-state index contributed by atoms with van der Waals surface area (Å²) in [7, 11) is 1.29. The molecule has 0 aromatic heterocycles. The van der Waals surface area contributed by atoms with E-state index in [4.69, 9.17) is 9.84 Å². The average Bonchev–Trinajstić information content (AvgIpc) is 2.45. The molecule has 0 saturated heterocycles. The highest BCUT2D eigenvalue weighted by Crippen LogP contribution is 2.01. The van der Waals surface area contributed by atoms with E-state index in [0.717, 1.165) is 12.8 Å². The summed E-state index contributed by atoms with van der Waals surface area (Å²) in [6.07, 6.45) is 0.686. The highest BCUT2D eigenvalue weighted by molar-refractivity contribution is 5.76. The fraction of sp³-hybridized carbons (Fsp3) is 0.429. The number of nitrogens with one attached hydrogen (secondary N) is 2. The Kier molecular flexibility index (Phi) is 7.13. The van der Waals surface area contributed by atoms with Gasteiger partial charge < -0.3 is 20.5 Å². The number of ether oxygens (including phenoxy) is 1. The Morgan fingerprint density at radius 3 is 2.55 bits per heavy atom. The van der Waals surface area contributed by atoms with Crippen LogP contribution in [0.25, 0.3) is 0 Å². The lowest BCUT2D eigenvalue weighted by Gasteiger charge is -2.12. The SMILES string of the molecule is COC(CNC(=O)NCCCc1ccccc1)C(=O)O. The first kappa shape index (κ1) is 16.0. The van der Waals surface area contributed by atoms with Gasteiger partial charge in [-0.2, -0.15) is 0 Å². The number of carboxylic acids is 1. The van der Waals surface area contributed by atoms with E-state index < -0.39 is 12.1 Å². The molecule has 3 N–H and O–H groups in total. The zero-order chi connectivity index (χ0) is 14.8. The van der Waals surface area contributed by atoms with Gasteiger partial charge in [0.2, 0.25) is 0 Å². The minimum atomic E-state index is -1.10. The Bertz CT molecular complexity index is 422. The van der Waals surface area contributed by atoms with E-state index in [9.17, 15) is 9.59 Å². The molecule has 0 bridgehead atoms. The van der Waals surface area contributed by atoms with Crippen LogP contribution >= 0.6 is 0 Å². The predicted octanol–water partition coefficient (Wildman–Crippen LogP) is 1.02. The number of aliphatic carboxylic acids is 1. The summed E-state index contributed by atoms with van der Waals surface area (Å²) in [6, 6.07) is 9.61. The van der Waals surface area contributed by atoms with Crippen molar-refractivity contribution in [3.8, 4) is 0 Å². The molecule has 1 unspecified atom stereocenters. The van der Waals surface area contributed by atoms with Gasteiger partial charge >= 0.3 is 12.0 Å². The monoisotopic (exact) mass is 280 g/mol. The topological polar surface area (TPSA) is 87.7 Å². The lowest BCUT2D eigenvalue weighted by atomic mass is 10.1. The maximum atomic E-state index is 11.4. The first-order chi connectivity index (χ1) is 9.63. The summed E-state index contributed by atoms with van der Waals surface area (Å²) < 4.78 is 4.70. The number of carboxylic acid groups (broad SMARTS) is 1. The molecule has 1 atom stereocenters. The molecule has 2 amide bonds. The fourth-order valence-electron chi connectivity index (χ4n) is 1.66. The first-order valence-electron chi connectivity index (χ1n) is 6.44. The molecule has 0 spiro atoms. The predicted molar refractivity (Wildman–Crippen MR) is 74.6 cm³/mol. The number of carbonyl (C=O) groups is 2. The van der Waals surface area contributed by atoms with Crippen LogP contribution in [0.1, 0.15) is 12.0 Å². The highest BCUT2D eigenvalue weighted by atomic mass is 16.5. The molecule has 6 heteroatoms. The van der Waals surface area contributed by atoms with E-state index in [1.165, 1.54) is 12.7 Å². The summed E-state index contributed by atoms with van der Waals surface area (Å²) >= 11 is 0. The van der Waals surface area contributed by atoms with Crippen molar-refractivity contribution in [3.63, 3.8) is 0 Å². The van der Waals surface area contributed by atoms with Gasteiger partial charge in [0.05, 0.1) is 6.54 Å². The van der Waals surface area contributed by atoms with Gasteiger partial charge in [-0.1, -0.05) is 30.3 Å². The van der Waals surface area contributed by atoms with E-state index in [0.29, 0.717) is 6.54 Å². The summed E-state index contributed by atoms with van der Waals surface area (Å²) in [5, 5.41) is 13.9. The Balaban J connectivity index is 2.13. The van der Waals surface area contributed by atoms with E-state index >= 15 is 0 Å². The molecule has 6 nitrogen and oxygen atoms in total. The number of hydrogen-bond acceptors (Lipinski definition) is 3. The molecule has 1 aromatic rings. The molecule has 0 saturated carbocycles. The van der Waals surface area contributed by atoms with Crippen LogP contribution in [0.4, 0.5) is 4.79 Å². The third kappa shape index (κ3) is 6.19. The van der Waals surface area contributed by atoms with Crippen molar-refractivity contribution in [2.75, 3.05) is 20.2 Å². The lowest BCUT2D eigenvalue weighted by molar-refractivity contribution is -0.147. The molecule has 0 aliphatic rings. The van der Waals surface area contributed by atoms with Crippen molar-refractivity contribution in [3.05, 3.63) is 35.9 Å². The van der Waals surface area contributed by atoms with Crippen molar-refractivity contribution in [2.45, 2.75) is 18.9 Å². The van der Waals surface area contributed by atoms with Crippen LogP contribution in [-0.4, -0.2) is 43.4 Å². The van der Waals surface area contributed by atoms with Crippen LogP contribution in [0.15, 0.2) is 30.3 Å². The Labute approximate surface area is 118 Å². The maximum absolute atomic E-state index is 11.4. The van der Waals surface area contributed by atoms with E-state index in [1.807, 2.05) is 30.3 Å². The number of urea groups is 1. The Hall–Kier alpha value is -2.08. The summed E-state index contributed by atoms with van der Waals surface area (Å²) in [4.78, 5) is 22.1. The van der Waals surface area contributed by atoms with Gasteiger partial charge in [-0.15, -0.1) is 0 Å². The molecule has 20 heavy (non-hydrogen) atoms. The molecule has 0 aliphatic heterocycles. The van der Waals surface area contributed by atoms with Gasteiger partial charge in [0, 0.05) is 13.7 Å². The molecule has 1 aromatic carbocycles. The van der Waals surface area contributed by atoms with Gasteiger partial charge in [0.1, 0.15) is 0 Å². The normalized spacial score (nSPS) is 11.7. The van der Waals surface area contributed by atoms with Crippen LogP contribution in [0, 0.1) is 0 Å². The van der Waals surface area contributed by atoms with Crippen molar-refractivity contribution >= 4 is 12.0 Å². The van der Waals surface area contributed by atoms with Crippen LogP contribution < -0.4 is 10.6 Å². The molecule has 0 heterocycles. The fourth-order valence-corrected chi connectivity index (χ4v) is 1.66. The second kappa shape index (κ2) is 8.92. The van der Waals surface area contributed by atoms with Crippen molar-refractivity contribution in [2.24, 2.45) is 0 Å². The summed E-state index contributed by atoms with van der Waals surface area (Å²) in [5.41, 5.74) is 1.22. The number of aryl methyl sites for hydroxylation is 1. The summed E-state index contributed by atoms with van der Waals surface area (Å²) in [5.74, 6) is -1.10. The zero-order valence-electron chi connectivity index (χ0n) is 11.5. The molecule has 1 rings (SSSR count). The van der Waals surface area contributed by atoms with Crippen LogP contribution in [0.3, 0.4) is 0 Å². The number of methoxy groups -OCH3 is 1. The quantitative estimate of drug-likeness (QED) is 0.620. The number of amides is 2. The molecule has 0 fully saturated rings. The molecule has 0 radical (unpaired) electrons. The second-order valence-corrected chi connectivity index (χ2v) is 4.29. The largest absolute Gasteiger partial charge is 0.479 e. The second-order valence-electron chi connectivity index (χ2n) is 4.29. The van der Waals surface area contributed by atoms with Gasteiger partial charge in [-0.3, -0.25) is 0 Å². The zero-order valence-corrected chi connectivity index (χ0v) is 11.5. The third-order valence-electron chi connectivity index (χ3n) is 2.78. The number of rotatable bonds is 8. The smallest absolute Gasteiger partial charge is 0.334 e. The molecule has 0 aliphatic carbocycles. The van der Waals surface area contributed by atoms with E-state index in [-0.39, 0.29) is 12.6 Å². The van der Waals surface area contributed by atoms with Crippen LogP contribution in [0.2, 0.25) is 0 Å². The molecular formula is C14H20N2O4. The van der Waals surface area contributed by atoms with E-state index in [1.54, 1.807) is 0 Å². The third-order valence-corrected chi connectivity index (χ3v) is 2.78. The highest BCUT2D eigenvalue weighted by Gasteiger charge is 2.16. The van der Waals surface area contributed by atoms with Crippen LogP contribution in [-0.2, 0) is 16.0 Å². The van der Waals surface area contributed by atoms with E-state index in [2.05, 4.69) is 10.6 Å². The maximum Gasteiger partial charge on any atom is 0.334 e. The van der Waals surface area contributed by atoms with Gasteiger partial charge in [-0.05, 0) is 18.4 Å². The van der Waals surface area contributed by atoms with Crippen molar-refractivity contribution in [1.29, 1.82) is 0 Å². The average molecular weight is 280 g/mol. The number of carbonyl (C=O) groups excluding carboxylic acids is 1. The standard InChI is InChI=1S/C14H20N2O4/c1-20-12(13(17)18)10-16-14(19)15-9-5-8-11-6-3-2-4-7-11/h2-4,6-7,12H,5,8-10H2,1H3,(H,17,18)(H2,15,16,19). The van der Waals surface area contributed by atoms with Gasteiger partial charge in [0.25, 0.3) is 0 Å². The molecule has 110 valence electrons. The lowest BCUT2D eigenvalue weighted by Crippen LogP contribution is -2.43.